The smallest absolute Gasteiger partial charge is 0.410 e. The van der Waals surface area contributed by atoms with Crippen LogP contribution in [-0.2, 0) is 4.74 Å². The van der Waals surface area contributed by atoms with E-state index in [4.69, 9.17) is 14.9 Å². The minimum atomic E-state index is -0.651. The fourth-order valence-electron chi connectivity index (χ4n) is 3.26. The van der Waals surface area contributed by atoms with E-state index in [1.54, 1.807) is 11.0 Å². The minimum Gasteiger partial charge on any atom is -0.493 e. The molecule has 1 aromatic rings. The lowest BCUT2D eigenvalue weighted by Crippen LogP contribution is -2.49. The van der Waals surface area contributed by atoms with Crippen molar-refractivity contribution in [1.82, 2.24) is 10.2 Å². The van der Waals surface area contributed by atoms with Crippen LogP contribution in [0.3, 0.4) is 0 Å². The molecule has 1 fully saturated rings. The molecule has 0 radical (unpaired) electrons. The Balaban J connectivity index is 1.69. The quantitative estimate of drug-likeness (QED) is 0.411. The molecule has 0 spiro atoms. The molecule has 1 aliphatic heterocycles. The van der Waals surface area contributed by atoms with E-state index in [0.717, 1.165) is 25.7 Å². The third-order valence-corrected chi connectivity index (χ3v) is 4.73. The molecular weight excluding hydrogens is 377 g/mol. The summed E-state index contributed by atoms with van der Waals surface area (Å²) in [6.07, 6.45) is 3.38. The van der Waals surface area contributed by atoms with Gasteiger partial charge < -0.3 is 14.4 Å². The van der Waals surface area contributed by atoms with Gasteiger partial charge in [-0.05, 0) is 57.6 Å². The number of hydrogen-bond donors (Lipinski definition) is 2. The lowest BCUT2D eigenvalue weighted by Gasteiger charge is -2.31. The number of amides is 2. The summed E-state index contributed by atoms with van der Waals surface area (Å²) in [4.78, 5) is 25.5. The molecule has 1 saturated heterocycles. The zero-order chi connectivity index (χ0) is 21.4. The fraction of sp³-hybridized carbons (Fsp3) is 0.571. The van der Waals surface area contributed by atoms with Gasteiger partial charge in [0.2, 0.25) is 5.84 Å². The van der Waals surface area contributed by atoms with Gasteiger partial charge in [-0.15, -0.1) is 0 Å². The van der Waals surface area contributed by atoms with Crippen LogP contribution in [0.15, 0.2) is 18.2 Å². The molecule has 0 bridgehead atoms. The monoisotopic (exact) mass is 408 g/mol. The van der Waals surface area contributed by atoms with Gasteiger partial charge in [0.15, 0.2) is 0 Å². The Kier molecular flexibility index (Phi) is 8.42. The highest BCUT2D eigenvalue weighted by Gasteiger charge is 2.24. The summed E-state index contributed by atoms with van der Waals surface area (Å²) in [5.74, 6) is -0.101. The first-order valence-corrected chi connectivity index (χ1v) is 10.0. The minimum absolute atomic E-state index is 0.0788. The highest BCUT2D eigenvalue weighted by molar-refractivity contribution is 6.04. The Hall–Kier alpha value is -2.64. The van der Waals surface area contributed by atoms with E-state index in [-0.39, 0.29) is 23.6 Å². The Morgan fingerprint density at radius 3 is 2.59 bits per heavy atom. The normalized spacial score (nSPS) is 14.6. The molecule has 160 valence electrons. The SMILES string of the molecule is CC(=[NH2+])NC(=O)c1ccc(OCCCC2CCN(C(=O)OC(C)C)CC2)cc1F. The number of nitrogens with zero attached hydrogens (tertiary/aromatic N) is 1. The van der Waals surface area contributed by atoms with Crippen LogP contribution in [0.25, 0.3) is 0 Å². The van der Waals surface area contributed by atoms with E-state index in [1.165, 1.54) is 19.1 Å². The largest absolute Gasteiger partial charge is 0.493 e. The van der Waals surface area contributed by atoms with Gasteiger partial charge in [-0.1, -0.05) is 0 Å². The number of halogens is 1. The van der Waals surface area contributed by atoms with Crippen LogP contribution in [0.5, 0.6) is 5.75 Å². The molecule has 1 aromatic carbocycles. The van der Waals surface area contributed by atoms with E-state index in [1.807, 2.05) is 13.8 Å². The summed E-state index contributed by atoms with van der Waals surface area (Å²) in [5.41, 5.74) is -0.0788. The van der Waals surface area contributed by atoms with E-state index < -0.39 is 11.7 Å². The molecule has 0 aromatic heterocycles. The number of carbonyl (C=O) groups excluding carboxylic acids is 2. The topological polar surface area (TPSA) is 93.5 Å². The highest BCUT2D eigenvalue weighted by Crippen LogP contribution is 2.23. The van der Waals surface area contributed by atoms with Crippen molar-refractivity contribution in [2.45, 2.75) is 52.6 Å². The third kappa shape index (κ3) is 7.36. The number of benzene rings is 1. The van der Waals surface area contributed by atoms with Gasteiger partial charge in [0.05, 0.1) is 18.3 Å². The van der Waals surface area contributed by atoms with Gasteiger partial charge >= 0.3 is 12.0 Å². The summed E-state index contributed by atoms with van der Waals surface area (Å²) >= 11 is 0. The number of rotatable bonds is 7. The molecule has 0 aliphatic carbocycles. The molecule has 1 heterocycles. The van der Waals surface area contributed by atoms with Crippen LogP contribution in [0.1, 0.15) is 56.8 Å². The molecule has 2 rings (SSSR count). The molecular formula is C21H31FN3O4+. The first-order valence-electron chi connectivity index (χ1n) is 10.0. The van der Waals surface area contributed by atoms with Crippen LogP contribution >= 0.6 is 0 Å². The second-order valence-electron chi connectivity index (χ2n) is 7.63. The Morgan fingerprint density at radius 2 is 2.00 bits per heavy atom. The van der Waals surface area contributed by atoms with E-state index in [9.17, 15) is 14.0 Å². The predicted octanol–water partition coefficient (Wildman–Crippen LogP) is 2.15. The third-order valence-electron chi connectivity index (χ3n) is 4.73. The molecule has 0 saturated carbocycles. The number of piperidine rings is 1. The zero-order valence-corrected chi connectivity index (χ0v) is 17.4. The fourth-order valence-corrected chi connectivity index (χ4v) is 3.26. The van der Waals surface area contributed by atoms with Crippen molar-refractivity contribution in [3.8, 4) is 5.75 Å². The van der Waals surface area contributed by atoms with Crippen molar-refractivity contribution in [2.75, 3.05) is 19.7 Å². The van der Waals surface area contributed by atoms with E-state index >= 15 is 0 Å². The van der Waals surface area contributed by atoms with Crippen molar-refractivity contribution in [1.29, 1.82) is 0 Å². The summed E-state index contributed by atoms with van der Waals surface area (Å²) in [5, 5.41) is 7.78. The number of likely N-dealkylation sites (tertiary alicyclic amines) is 1. The summed E-state index contributed by atoms with van der Waals surface area (Å²) in [6.45, 7) is 7.11. The maximum atomic E-state index is 14.1. The number of nitrogens with two attached hydrogens (primary N) is 1. The first kappa shape index (κ1) is 22.6. The number of hydrogen-bond acceptors (Lipinski definition) is 4. The molecule has 0 atom stereocenters. The van der Waals surface area contributed by atoms with Crippen molar-refractivity contribution in [3.05, 3.63) is 29.6 Å². The Morgan fingerprint density at radius 1 is 1.31 bits per heavy atom. The van der Waals surface area contributed by atoms with E-state index in [2.05, 4.69) is 5.32 Å². The summed E-state index contributed by atoms with van der Waals surface area (Å²) < 4.78 is 24.9. The van der Waals surface area contributed by atoms with Crippen LogP contribution in [0, 0.1) is 11.7 Å². The predicted molar refractivity (Wildman–Crippen MR) is 107 cm³/mol. The van der Waals surface area contributed by atoms with Gasteiger partial charge in [0, 0.05) is 26.1 Å². The van der Waals surface area contributed by atoms with Crippen molar-refractivity contribution in [3.63, 3.8) is 0 Å². The standard InChI is InChI=1S/C21H30FN3O4/c1-14(2)29-21(27)25-10-8-16(9-11-25)5-4-12-28-17-6-7-18(19(22)13-17)20(26)24-15(3)23/h6-7,13-14,16H,4-5,8-12H2,1-3H3,(H2,23,24,26)/p+1. The average Bonchev–Trinajstić information content (AvgIpc) is 2.64. The highest BCUT2D eigenvalue weighted by atomic mass is 19.1. The maximum Gasteiger partial charge on any atom is 0.410 e. The van der Waals surface area contributed by atoms with Crippen LogP contribution in [0.2, 0.25) is 0 Å². The molecule has 29 heavy (non-hydrogen) atoms. The van der Waals surface area contributed by atoms with Gasteiger partial charge in [-0.2, -0.15) is 0 Å². The number of carbonyl (C=O) groups is 2. The molecule has 3 N–H and O–H groups in total. The summed E-state index contributed by atoms with van der Waals surface area (Å²) in [6, 6.07) is 4.16. The second-order valence-corrected chi connectivity index (χ2v) is 7.63. The van der Waals surface area contributed by atoms with Crippen molar-refractivity contribution >= 4 is 17.8 Å². The molecule has 1 aliphatic rings. The number of ether oxygens (including phenoxy) is 2. The Labute approximate surface area is 171 Å². The van der Waals surface area contributed by atoms with Gasteiger partial charge in [0.1, 0.15) is 11.6 Å². The lowest BCUT2D eigenvalue weighted by atomic mass is 9.92. The van der Waals surface area contributed by atoms with Crippen molar-refractivity contribution < 1.29 is 28.9 Å². The molecule has 7 nitrogen and oxygen atoms in total. The average molecular weight is 408 g/mol. The van der Waals surface area contributed by atoms with E-state index in [0.29, 0.717) is 31.4 Å². The summed E-state index contributed by atoms with van der Waals surface area (Å²) in [7, 11) is 0. The molecule has 0 unspecified atom stereocenters. The second kappa shape index (κ2) is 10.8. The number of nitrogens with one attached hydrogen (secondary N) is 1. The van der Waals surface area contributed by atoms with Gasteiger partial charge in [-0.25, -0.2) is 19.3 Å². The Bertz CT molecular complexity index is 731. The molecule has 8 heteroatoms. The van der Waals surface area contributed by atoms with Crippen LogP contribution < -0.4 is 15.5 Å². The van der Waals surface area contributed by atoms with Gasteiger partial charge in [-0.3, -0.25) is 5.41 Å². The van der Waals surface area contributed by atoms with Crippen molar-refractivity contribution in [2.24, 2.45) is 5.92 Å². The number of amidine groups is 1. The maximum absolute atomic E-state index is 14.1. The first-order chi connectivity index (χ1) is 13.8. The molecule has 2 amide bonds. The zero-order valence-electron chi connectivity index (χ0n) is 17.4. The van der Waals surface area contributed by atoms with Crippen LogP contribution in [-0.4, -0.2) is 48.5 Å². The van der Waals surface area contributed by atoms with Gasteiger partial charge in [0.25, 0.3) is 0 Å². The lowest BCUT2D eigenvalue weighted by molar-refractivity contribution is -0.118. The van der Waals surface area contributed by atoms with Crippen LogP contribution in [0.4, 0.5) is 9.18 Å².